The van der Waals surface area contributed by atoms with Crippen molar-refractivity contribution in [3.05, 3.63) is 0 Å². The molecular weight excluding hydrogens is 151 g/mol. The molecule has 1 nitrogen and oxygen atoms in total. The Kier molecular flexibility index (Phi) is 6.33. The third-order valence-electron chi connectivity index (χ3n) is 1.83. The minimum atomic E-state index is -0.898. The van der Waals surface area contributed by atoms with E-state index in [0.29, 0.717) is 0 Å². The maximum absolute atomic E-state index is 5.85. The van der Waals surface area contributed by atoms with Gasteiger partial charge in [0.2, 0.25) is 0 Å². The highest BCUT2D eigenvalue weighted by atomic mass is 27.2. The second-order valence-corrected chi connectivity index (χ2v) is 7.75. The van der Waals surface area contributed by atoms with E-state index in [2.05, 4.69) is 34.6 Å². The molecular formula is C9H21AlO. The van der Waals surface area contributed by atoms with Gasteiger partial charge in [0, 0.05) is 6.61 Å². The van der Waals surface area contributed by atoms with E-state index in [1.165, 1.54) is 0 Å². The van der Waals surface area contributed by atoms with Crippen molar-refractivity contribution in [1.29, 1.82) is 0 Å². The van der Waals surface area contributed by atoms with Crippen LogP contribution in [0.1, 0.15) is 41.0 Å². The standard InChI is InChI=1S/C3H7O.2C3H7.Al/c1-2-3-4;2*1-3-2;/h2-3H2,1H3;2*3H,1-2H3;/q-1;;;+1. The summed E-state index contributed by atoms with van der Waals surface area (Å²) in [6.07, 6.45) is 1.16. The summed E-state index contributed by atoms with van der Waals surface area (Å²) in [5.41, 5.74) is 0. The summed E-state index contributed by atoms with van der Waals surface area (Å²) in [5, 5.41) is 0. The van der Waals surface area contributed by atoms with Gasteiger partial charge in [0.1, 0.15) is 0 Å². The fourth-order valence-electron chi connectivity index (χ4n) is 1.41. The molecule has 0 heterocycles. The second-order valence-electron chi connectivity index (χ2n) is 3.82. The number of hydrogen-bond acceptors (Lipinski definition) is 1. The van der Waals surface area contributed by atoms with E-state index in [1.54, 1.807) is 0 Å². The first-order valence-electron chi connectivity index (χ1n) is 4.71. The number of hydrogen-bond donors (Lipinski definition) is 0. The Morgan fingerprint density at radius 3 is 1.82 bits per heavy atom. The monoisotopic (exact) mass is 172 g/mol. The lowest BCUT2D eigenvalue weighted by Crippen LogP contribution is -2.25. The molecule has 0 amide bonds. The van der Waals surface area contributed by atoms with Crippen molar-refractivity contribution < 1.29 is 3.79 Å². The Bertz CT molecular complexity index is 83.6. The number of rotatable bonds is 5. The first kappa shape index (κ1) is 11.5. The van der Waals surface area contributed by atoms with E-state index in [1.807, 2.05) is 0 Å². The van der Waals surface area contributed by atoms with Crippen LogP contribution >= 0.6 is 0 Å². The molecule has 0 aliphatic carbocycles. The van der Waals surface area contributed by atoms with E-state index < -0.39 is 14.5 Å². The fraction of sp³-hybridized carbons (Fsp3) is 1.00. The first-order chi connectivity index (χ1) is 5.09. The van der Waals surface area contributed by atoms with Crippen LogP contribution < -0.4 is 0 Å². The molecule has 2 heteroatoms. The van der Waals surface area contributed by atoms with Crippen LogP contribution in [-0.4, -0.2) is 21.1 Å². The van der Waals surface area contributed by atoms with Gasteiger partial charge >= 0.3 is 14.5 Å². The van der Waals surface area contributed by atoms with Crippen LogP contribution in [0.5, 0.6) is 0 Å². The lowest BCUT2D eigenvalue weighted by atomic mass is 10.5. The molecule has 0 unspecified atom stereocenters. The molecule has 0 aromatic carbocycles. The van der Waals surface area contributed by atoms with Crippen molar-refractivity contribution in [2.45, 2.75) is 50.6 Å². The van der Waals surface area contributed by atoms with E-state index in [4.69, 9.17) is 3.79 Å². The SMILES string of the molecule is CCC[O][Al]([CH](C)C)[CH](C)C. The van der Waals surface area contributed by atoms with Crippen LogP contribution in [0.25, 0.3) is 0 Å². The van der Waals surface area contributed by atoms with Crippen molar-refractivity contribution >= 4 is 14.5 Å². The van der Waals surface area contributed by atoms with E-state index in [-0.39, 0.29) is 0 Å². The maximum Gasteiger partial charge on any atom is 0.466 e. The topological polar surface area (TPSA) is 9.23 Å². The summed E-state index contributed by atoms with van der Waals surface area (Å²) in [7, 11) is 0. The zero-order valence-corrected chi connectivity index (χ0v) is 9.71. The first-order valence-corrected chi connectivity index (χ1v) is 6.51. The summed E-state index contributed by atoms with van der Waals surface area (Å²) in [6, 6.07) is 0. The van der Waals surface area contributed by atoms with Gasteiger partial charge in [-0.15, -0.1) is 0 Å². The second kappa shape index (κ2) is 6.06. The zero-order chi connectivity index (χ0) is 8.85. The Hall–Kier alpha value is 0.492. The molecule has 0 radical (unpaired) electrons. The Labute approximate surface area is 75.9 Å². The Morgan fingerprint density at radius 1 is 1.09 bits per heavy atom. The minimum Gasteiger partial charge on any atom is -0.500 e. The lowest BCUT2D eigenvalue weighted by Gasteiger charge is -2.18. The summed E-state index contributed by atoms with van der Waals surface area (Å²) < 4.78 is 7.41. The predicted molar refractivity (Wildman–Crippen MR) is 52.2 cm³/mol. The smallest absolute Gasteiger partial charge is 0.466 e. The van der Waals surface area contributed by atoms with Crippen LogP contribution in [0.15, 0.2) is 0 Å². The molecule has 66 valence electrons. The van der Waals surface area contributed by atoms with Gasteiger partial charge in [-0.25, -0.2) is 0 Å². The molecule has 0 aromatic rings. The van der Waals surface area contributed by atoms with Gasteiger partial charge in [-0.05, 0) is 6.42 Å². The molecule has 0 spiro atoms. The van der Waals surface area contributed by atoms with E-state index in [0.717, 1.165) is 22.6 Å². The van der Waals surface area contributed by atoms with E-state index in [9.17, 15) is 0 Å². The molecule has 0 fully saturated rings. The van der Waals surface area contributed by atoms with Gasteiger partial charge in [-0.2, -0.15) is 0 Å². The fourth-order valence-corrected chi connectivity index (χ4v) is 4.23. The summed E-state index contributed by atoms with van der Waals surface area (Å²) in [6.45, 7) is 12.3. The van der Waals surface area contributed by atoms with Crippen LogP contribution in [0.3, 0.4) is 0 Å². The Balaban J connectivity index is 3.70. The minimum absolute atomic E-state index is 0.779. The zero-order valence-electron chi connectivity index (χ0n) is 8.55. The van der Waals surface area contributed by atoms with Crippen molar-refractivity contribution in [1.82, 2.24) is 0 Å². The highest BCUT2D eigenvalue weighted by Crippen LogP contribution is 2.20. The summed E-state index contributed by atoms with van der Waals surface area (Å²) in [5.74, 6) is 0. The van der Waals surface area contributed by atoms with Gasteiger partial charge < -0.3 is 3.79 Å². The van der Waals surface area contributed by atoms with Crippen LogP contribution in [-0.2, 0) is 3.79 Å². The van der Waals surface area contributed by atoms with Gasteiger partial charge in [0.25, 0.3) is 0 Å². The maximum atomic E-state index is 5.85. The average molecular weight is 172 g/mol. The van der Waals surface area contributed by atoms with Crippen molar-refractivity contribution in [3.63, 3.8) is 0 Å². The third-order valence-corrected chi connectivity index (χ3v) is 5.08. The molecule has 0 atom stereocenters. The quantitative estimate of drug-likeness (QED) is 0.578. The molecule has 0 aromatic heterocycles. The van der Waals surface area contributed by atoms with Crippen LogP contribution in [0.2, 0.25) is 9.56 Å². The molecule has 0 N–H and O–H groups in total. The highest BCUT2D eigenvalue weighted by Gasteiger charge is 2.28. The molecule has 0 aliphatic rings. The van der Waals surface area contributed by atoms with Crippen LogP contribution in [0, 0.1) is 0 Å². The average Bonchev–Trinajstić information content (AvgIpc) is 1.87. The van der Waals surface area contributed by atoms with Crippen molar-refractivity contribution in [2.75, 3.05) is 6.61 Å². The van der Waals surface area contributed by atoms with Crippen molar-refractivity contribution in [3.8, 4) is 0 Å². The molecule has 0 rings (SSSR count). The van der Waals surface area contributed by atoms with Gasteiger partial charge in [-0.1, -0.05) is 44.2 Å². The van der Waals surface area contributed by atoms with E-state index >= 15 is 0 Å². The van der Waals surface area contributed by atoms with Crippen LogP contribution in [0.4, 0.5) is 0 Å². The Morgan fingerprint density at radius 2 is 1.55 bits per heavy atom. The van der Waals surface area contributed by atoms with Crippen molar-refractivity contribution in [2.24, 2.45) is 0 Å². The van der Waals surface area contributed by atoms with Gasteiger partial charge in [0.05, 0.1) is 0 Å². The predicted octanol–water partition coefficient (Wildman–Crippen LogP) is 3.22. The summed E-state index contributed by atoms with van der Waals surface area (Å²) in [4.78, 5) is 0. The molecule has 0 saturated carbocycles. The van der Waals surface area contributed by atoms with Gasteiger partial charge in [0.15, 0.2) is 0 Å². The molecule has 0 bridgehead atoms. The molecule has 0 aliphatic heterocycles. The largest absolute Gasteiger partial charge is 0.500 e. The molecule has 11 heavy (non-hydrogen) atoms. The third kappa shape index (κ3) is 4.85. The lowest BCUT2D eigenvalue weighted by molar-refractivity contribution is 0.307. The summed E-state index contributed by atoms with van der Waals surface area (Å²) >= 11 is -0.898. The molecule has 0 saturated heterocycles. The highest BCUT2D eigenvalue weighted by molar-refractivity contribution is 6.54. The normalized spacial score (nSPS) is 11.2. The van der Waals surface area contributed by atoms with Gasteiger partial charge in [-0.3, -0.25) is 0 Å².